The number of amides is 2. The summed E-state index contributed by atoms with van der Waals surface area (Å²) in [5.74, 6) is 0.755. The zero-order chi connectivity index (χ0) is 25.5. The van der Waals surface area contributed by atoms with Gasteiger partial charge in [-0.2, -0.15) is 0 Å². The SMILES string of the molecule is CCOc1ccc(N2C[C@H](C(=O)NNc3cccc(OC)c3OCc3ccccc3Cl)CC2=O)cc1. The lowest BCUT2D eigenvalue weighted by atomic mass is 10.1. The molecule has 0 spiro atoms. The maximum absolute atomic E-state index is 12.9. The van der Waals surface area contributed by atoms with E-state index in [0.29, 0.717) is 28.8 Å². The van der Waals surface area contributed by atoms with Gasteiger partial charge in [0.15, 0.2) is 11.5 Å². The van der Waals surface area contributed by atoms with Crippen LogP contribution in [0.25, 0.3) is 0 Å². The van der Waals surface area contributed by atoms with Crippen LogP contribution in [0.15, 0.2) is 66.7 Å². The first-order valence-electron chi connectivity index (χ1n) is 11.6. The normalized spacial score (nSPS) is 14.9. The molecule has 0 unspecified atom stereocenters. The number of hydrazine groups is 1. The molecule has 4 rings (SSSR count). The zero-order valence-electron chi connectivity index (χ0n) is 20.1. The Hall–Kier alpha value is -3.91. The number of carbonyl (C=O) groups excluding carboxylic acids is 2. The number of carbonyl (C=O) groups is 2. The third kappa shape index (κ3) is 5.83. The second-order valence-electron chi connectivity index (χ2n) is 8.16. The van der Waals surface area contributed by atoms with E-state index in [9.17, 15) is 9.59 Å². The Kier molecular flexibility index (Phi) is 8.17. The summed E-state index contributed by atoms with van der Waals surface area (Å²) < 4.78 is 16.9. The van der Waals surface area contributed by atoms with Gasteiger partial charge in [0.05, 0.1) is 25.3 Å². The van der Waals surface area contributed by atoms with Crippen molar-refractivity contribution in [1.82, 2.24) is 5.43 Å². The first-order chi connectivity index (χ1) is 17.5. The molecule has 9 heteroatoms. The Morgan fingerprint density at radius 2 is 1.83 bits per heavy atom. The number of rotatable bonds is 10. The van der Waals surface area contributed by atoms with E-state index in [1.807, 2.05) is 49.4 Å². The van der Waals surface area contributed by atoms with E-state index in [0.717, 1.165) is 17.0 Å². The fourth-order valence-electron chi connectivity index (χ4n) is 3.94. The highest BCUT2D eigenvalue weighted by Gasteiger charge is 2.35. The molecule has 3 aromatic rings. The molecule has 1 saturated heterocycles. The minimum Gasteiger partial charge on any atom is -0.494 e. The van der Waals surface area contributed by atoms with Crippen LogP contribution in [0.4, 0.5) is 11.4 Å². The summed E-state index contributed by atoms with van der Waals surface area (Å²) in [6.45, 7) is 2.98. The molecule has 0 radical (unpaired) electrons. The number of halogens is 1. The van der Waals surface area contributed by atoms with Crippen molar-refractivity contribution in [1.29, 1.82) is 0 Å². The third-order valence-electron chi connectivity index (χ3n) is 5.80. The highest BCUT2D eigenvalue weighted by Crippen LogP contribution is 2.36. The molecule has 1 aliphatic heterocycles. The molecule has 1 aliphatic rings. The monoisotopic (exact) mass is 509 g/mol. The van der Waals surface area contributed by atoms with Gasteiger partial charge in [0.25, 0.3) is 0 Å². The minimum atomic E-state index is -0.505. The highest BCUT2D eigenvalue weighted by atomic mass is 35.5. The highest BCUT2D eigenvalue weighted by molar-refractivity contribution is 6.31. The van der Waals surface area contributed by atoms with Crippen LogP contribution in [0.5, 0.6) is 17.2 Å². The van der Waals surface area contributed by atoms with E-state index >= 15 is 0 Å². The van der Waals surface area contributed by atoms with Crippen LogP contribution in [0, 0.1) is 5.92 Å². The van der Waals surface area contributed by atoms with Gasteiger partial charge >= 0.3 is 0 Å². The lowest BCUT2D eigenvalue weighted by molar-refractivity contribution is -0.125. The number of hydrogen-bond donors (Lipinski definition) is 2. The number of nitrogens with one attached hydrogen (secondary N) is 2. The largest absolute Gasteiger partial charge is 0.494 e. The lowest BCUT2D eigenvalue weighted by Gasteiger charge is -2.19. The number of anilines is 2. The predicted octanol–water partition coefficient (Wildman–Crippen LogP) is 4.82. The summed E-state index contributed by atoms with van der Waals surface area (Å²) in [5.41, 5.74) is 7.70. The number of nitrogens with zero attached hydrogens (tertiary/aromatic N) is 1. The third-order valence-corrected chi connectivity index (χ3v) is 6.17. The topological polar surface area (TPSA) is 89.1 Å². The second kappa shape index (κ2) is 11.7. The van der Waals surface area contributed by atoms with Gasteiger partial charge in [-0.1, -0.05) is 35.9 Å². The Labute approximate surface area is 215 Å². The molecule has 3 aromatic carbocycles. The summed E-state index contributed by atoms with van der Waals surface area (Å²) in [4.78, 5) is 27.1. The molecule has 2 N–H and O–H groups in total. The number of hydrogen-bond acceptors (Lipinski definition) is 6. The molecule has 1 heterocycles. The van der Waals surface area contributed by atoms with Crippen LogP contribution in [0.1, 0.15) is 18.9 Å². The van der Waals surface area contributed by atoms with Gasteiger partial charge < -0.3 is 19.1 Å². The zero-order valence-corrected chi connectivity index (χ0v) is 20.9. The van der Waals surface area contributed by atoms with Crippen LogP contribution in [0.2, 0.25) is 5.02 Å². The Morgan fingerprint density at radius 1 is 1.06 bits per heavy atom. The van der Waals surface area contributed by atoms with Gasteiger partial charge in [0.1, 0.15) is 12.4 Å². The quantitative estimate of drug-likeness (QED) is 0.381. The maximum Gasteiger partial charge on any atom is 0.243 e. The van der Waals surface area contributed by atoms with Gasteiger partial charge in [0.2, 0.25) is 11.8 Å². The van der Waals surface area contributed by atoms with Crippen molar-refractivity contribution in [3.63, 3.8) is 0 Å². The van der Waals surface area contributed by atoms with Gasteiger partial charge in [0, 0.05) is 29.2 Å². The molecule has 0 bridgehead atoms. The van der Waals surface area contributed by atoms with E-state index in [-0.39, 0.29) is 31.4 Å². The molecule has 36 heavy (non-hydrogen) atoms. The van der Waals surface area contributed by atoms with Crippen LogP contribution in [0.3, 0.4) is 0 Å². The molecule has 1 atom stereocenters. The summed E-state index contributed by atoms with van der Waals surface area (Å²) in [6.07, 6.45) is 0.120. The molecule has 8 nitrogen and oxygen atoms in total. The van der Waals surface area contributed by atoms with Crippen LogP contribution in [-0.4, -0.2) is 32.1 Å². The molecule has 0 aliphatic carbocycles. The Bertz CT molecular complexity index is 1220. The van der Waals surface area contributed by atoms with Gasteiger partial charge in [-0.05, 0) is 49.4 Å². The summed E-state index contributed by atoms with van der Waals surface area (Å²) in [6, 6.07) is 20.0. The second-order valence-corrected chi connectivity index (χ2v) is 8.57. The van der Waals surface area contributed by atoms with Crippen molar-refractivity contribution in [2.75, 3.05) is 30.6 Å². The number of benzene rings is 3. The molecule has 188 valence electrons. The number of methoxy groups -OCH3 is 1. The van der Waals surface area contributed by atoms with Crippen molar-refractivity contribution in [2.24, 2.45) is 5.92 Å². The molecule has 2 amide bonds. The minimum absolute atomic E-state index is 0.107. The first-order valence-corrected chi connectivity index (χ1v) is 12.0. The first kappa shape index (κ1) is 25.2. The van der Waals surface area contributed by atoms with E-state index in [4.69, 9.17) is 25.8 Å². The van der Waals surface area contributed by atoms with E-state index in [2.05, 4.69) is 10.9 Å². The average molecular weight is 510 g/mol. The smallest absolute Gasteiger partial charge is 0.243 e. The maximum atomic E-state index is 12.9. The summed E-state index contributed by atoms with van der Waals surface area (Å²) in [5, 5.41) is 0.596. The predicted molar refractivity (Wildman–Crippen MR) is 139 cm³/mol. The molecular weight excluding hydrogens is 482 g/mol. The van der Waals surface area contributed by atoms with E-state index < -0.39 is 5.92 Å². The van der Waals surface area contributed by atoms with Gasteiger partial charge in [-0.25, -0.2) is 0 Å². The fraction of sp³-hybridized carbons (Fsp3) is 0.259. The van der Waals surface area contributed by atoms with Crippen LogP contribution >= 0.6 is 11.6 Å². The van der Waals surface area contributed by atoms with Crippen molar-refractivity contribution >= 4 is 34.8 Å². The lowest BCUT2D eigenvalue weighted by Crippen LogP contribution is -2.36. The summed E-state index contributed by atoms with van der Waals surface area (Å²) >= 11 is 6.25. The van der Waals surface area contributed by atoms with Crippen LogP contribution < -0.4 is 30.0 Å². The summed E-state index contributed by atoms with van der Waals surface area (Å²) in [7, 11) is 1.54. The molecule has 0 aromatic heterocycles. The molecular formula is C27H28ClN3O5. The molecule has 1 fully saturated rings. The van der Waals surface area contributed by atoms with E-state index in [1.165, 1.54) is 0 Å². The van der Waals surface area contributed by atoms with E-state index in [1.54, 1.807) is 36.3 Å². The average Bonchev–Trinajstić information content (AvgIpc) is 3.29. The fourth-order valence-corrected chi connectivity index (χ4v) is 4.13. The van der Waals surface area contributed by atoms with Crippen molar-refractivity contribution in [2.45, 2.75) is 20.0 Å². The van der Waals surface area contributed by atoms with Gasteiger partial charge in [-0.15, -0.1) is 0 Å². The van der Waals surface area contributed by atoms with Crippen molar-refractivity contribution in [3.05, 3.63) is 77.3 Å². The van der Waals surface area contributed by atoms with Crippen LogP contribution in [-0.2, 0) is 16.2 Å². The Morgan fingerprint density at radius 3 is 2.56 bits per heavy atom. The number of ether oxygens (including phenoxy) is 3. The van der Waals surface area contributed by atoms with Gasteiger partial charge in [-0.3, -0.25) is 20.4 Å². The molecule has 0 saturated carbocycles. The van der Waals surface area contributed by atoms with Crippen molar-refractivity contribution in [3.8, 4) is 17.2 Å². The standard InChI is InChI=1S/C27H28ClN3O5/c1-3-35-21-13-11-20(12-14-21)31-16-19(15-25(31)32)27(33)30-29-23-9-6-10-24(34-2)26(23)36-17-18-7-4-5-8-22(18)28/h4-14,19,29H,3,15-17H2,1-2H3,(H,30,33)/t19-/m1/s1. The van der Waals surface area contributed by atoms with Crippen molar-refractivity contribution < 1.29 is 23.8 Å². The Balaban J connectivity index is 1.40. The number of para-hydroxylation sites is 1.